The molecule has 2 fully saturated rings. The Morgan fingerprint density at radius 2 is 1.87 bits per heavy atom. The summed E-state index contributed by atoms with van der Waals surface area (Å²) in [7, 11) is 0. The van der Waals surface area contributed by atoms with Crippen molar-refractivity contribution in [2.24, 2.45) is 11.3 Å². The van der Waals surface area contributed by atoms with E-state index in [0.717, 1.165) is 47.0 Å². The molecule has 2 aromatic carbocycles. The third kappa shape index (κ3) is 3.96. The molecule has 1 N–H and O–H groups in total. The van der Waals surface area contributed by atoms with Gasteiger partial charge in [0.1, 0.15) is 5.75 Å². The van der Waals surface area contributed by atoms with Gasteiger partial charge in [-0.15, -0.1) is 0 Å². The second-order valence-corrected chi connectivity index (χ2v) is 9.90. The third-order valence-electron chi connectivity index (χ3n) is 7.44. The highest BCUT2D eigenvalue weighted by Gasteiger charge is 2.59. The van der Waals surface area contributed by atoms with Gasteiger partial charge in [-0.05, 0) is 79.8 Å². The molecule has 1 amide bonds. The summed E-state index contributed by atoms with van der Waals surface area (Å²) >= 11 is 13.0. The molecule has 1 saturated carbocycles. The zero-order valence-electron chi connectivity index (χ0n) is 18.5. The first kappa shape index (κ1) is 22.5. The summed E-state index contributed by atoms with van der Waals surface area (Å²) in [5.74, 6) is 1.63. The molecule has 31 heavy (non-hydrogen) atoms. The maximum atomic E-state index is 13.1. The summed E-state index contributed by atoms with van der Waals surface area (Å²) in [6, 6.07) is 14.3. The van der Waals surface area contributed by atoms with Crippen molar-refractivity contribution >= 4 is 29.1 Å². The number of fused-ring (bicyclic) bond motifs is 1. The van der Waals surface area contributed by atoms with Crippen molar-refractivity contribution in [2.75, 3.05) is 6.61 Å². The lowest BCUT2D eigenvalue weighted by molar-refractivity contribution is -0.131. The molecule has 0 spiro atoms. The van der Waals surface area contributed by atoms with Crippen LogP contribution in [-0.2, 0) is 4.79 Å². The molecule has 1 aliphatic heterocycles. The fourth-order valence-corrected chi connectivity index (χ4v) is 6.45. The molecule has 0 aromatic heterocycles. The van der Waals surface area contributed by atoms with E-state index in [0.29, 0.717) is 6.61 Å². The van der Waals surface area contributed by atoms with E-state index in [2.05, 4.69) is 44.3 Å². The maximum absolute atomic E-state index is 13.1. The molecule has 1 aliphatic carbocycles. The number of rotatable bonds is 6. The van der Waals surface area contributed by atoms with E-state index in [1.165, 1.54) is 5.56 Å². The van der Waals surface area contributed by atoms with Crippen LogP contribution in [-0.4, -0.2) is 18.6 Å². The van der Waals surface area contributed by atoms with E-state index in [-0.39, 0.29) is 35.1 Å². The molecular weight excluding hydrogens is 429 g/mol. The van der Waals surface area contributed by atoms with Crippen molar-refractivity contribution in [1.29, 1.82) is 0 Å². The van der Waals surface area contributed by atoms with Gasteiger partial charge in [0.2, 0.25) is 5.91 Å². The first-order valence-corrected chi connectivity index (χ1v) is 12.2. The third-order valence-corrected chi connectivity index (χ3v) is 8.02. The molecule has 1 saturated heterocycles. The van der Waals surface area contributed by atoms with E-state index in [1.807, 2.05) is 24.3 Å². The molecule has 2 aromatic rings. The number of amides is 1. The number of hydrogen-bond acceptors (Lipinski definition) is 2. The van der Waals surface area contributed by atoms with E-state index < -0.39 is 0 Å². The molecule has 3 nitrogen and oxygen atoms in total. The number of carbonyl (C=O) groups is 1. The van der Waals surface area contributed by atoms with Crippen molar-refractivity contribution in [2.45, 2.75) is 64.3 Å². The van der Waals surface area contributed by atoms with Crippen molar-refractivity contribution < 1.29 is 9.53 Å². The van der Waals surface area contributed by atoms with Crippen molar-refractivity contribution in [3.05, 3.63) is 63.6 Å². The van der Waals surface area contributed by atoms with Gasteiger partial charge in [-0.1, -0.05) is 55.2 Å². The largest absolute Gasteiger partial charge is 0.494 e. The summed E-state index contributed by atoms with van der Waals surface area (Å²) in [5.41, 5.74) is 2.04. The molecular formula is C26H31Cl2NO2. The molecule has 4 rings (SSSR count). The van der Waals surface area contributed by atoms with Gasteiger partial charge < -0.3 is 10.1 Å². The Balaban J connectivity index is 1.79. The van der Waals surface area contributed by atoms with Gasteiger partial charge in [-0.3, -0.25) is 4.79 Å². The van der Waals surface area contributed by atoms with Crippen LogP contribution in [0, 0.1) is 11.3 Å². The molecule has 1 heterocycles. The lowest BCUT2D eigenvalue weighted by atomic mass is 9.54. The van der Waals surface area contributed by atoms with Crippen LogP contribution in [0.15, 0.2) is 42.5 Å². The lowest BCUT2D eigenvalue weighted by Crippen LogP contribution is -2.43. The molecule has 166 valence electrons. The number of carbonyl (C=O) groups excluding carboxylic acids is 1. The molecule has 5 heteroatoms. The first-order chi connectivity index (χ1) is 14.9. The van der Waals surface area contributed by atoms with Gasteiger partial charge in [0.15, 0.2) is 0 Å². The topological polar surface area (TPSA) is 38.3 Å². The second kappa shape index (κ2) is 9.03. The van der Waals surface area contributed by atoms with Crippen molar-refractivity contribution in [3.8, 4) is 5.75 Å². The smallest absolute Gasteiger partial charge is 0.226 e. The van der Waals surface area contributed by atoms with Gasteiger partial charge in [-0.2, -0.15) is 0 Å². The lowest BCUT2D eigenvalue weighted by Gasteiger charge is -2.47. The molecule has 5 atom stereocenters. The predicted octanol–water partition coefficient (Wildman–Crippen LogP) is 6.97. The monoisotopic (exact) mass is 459 g/mol. The van der Waals surface area contributed by atoms with Crippen LogP contribution in [0.3, 0.4) is 0 Å². The van der Waals surface area contributed by atoms with Gasteiger partial charge in [0.25, 0.3) is 0 Å². The highest BCUT2D eigenvalue weighted by atomic mass is 35.5. The molecule has 0 bridgehead atoms. The van der Waals surface area contributed by atoms with Gasteiger partial charge >= 0.3 is 0 Å². The maximum Gasteiger partial charge on any atom is 0.226 e. The van der Waals surface area contributed by atoms with E-state index in [9.17, 15) is 4.79 Å². The second-order valence-electron chi connectivity index (χ2n) is 9.05. The Labute approximate surface area is 195 Å². The zero-order chi connectivity index (χ0) is 22.2. The van der Waals surface area contributed by atoms with Crippen molar-refractivity contribution in [1.82, 2.24) is 5.32 Å². The van der Waals surface area contributed by atoms with E-state index in [1.54, 1.807) is 0 Å². The number of ether oxygens (including phenoxy) is 1. The molecule has 0 unspecified atom stereocenters. The van der Waals surface area contributed by atoms with Gasteiger partial charge in [-0.25, -0.2) is 0 Å². The van der Waals surface area contributed by atoms with E-state index in [4.69, 9.17) is 27.9 Å². The quantitative estimate of drug-likeness (QED) is 0.505. The van der Waals surface area contributed by atoms with Crippen LogP contribution in [0.1, 0.15) is 69.4 Å². The fraction of sp³-hybridized carbons (Fsp3) is 0.500. The Morgan fingerprint density at radius 3 is 2.52 bits per heavy atom. The zero-order valence-corrected chi connectivity index (χ0v) is 20.0. The van der Waals surface area contributed by atoms with Crippen molar-refractivity contribution in [3.63, 3.8) is 0 Å². The van der Waals surface area contributed by atoms with Crippen LogP contribution in [0.25, 0.3) is 0 Å². The van der Waals surface area contributed by atoms with Crippen LogP contribution in [0.5, 0.6) is 5.75 Å². The summed E-state index contributed by atoms with van der Waals surface area (Å²) < 4.78 is 5.78. The standard InChI is InChI=1S/C26H31Cl2NO2/c1-4-14-31-19-10-11-20(22(28)15-19)21-12-13-26(5-2)24(16(3)29-25(26)30)23(21)17-6-8-18(27)9-7-17/h6-11,15-16,21,23-24H,4-5,12-14H2,1-3H3,(H,29,30)/t16-,21+,23+,24+,26-/m1/s1. The summed E-state index contributed by atoms with van der Waals surface area (Å²) in [6.07, 6.45) is 3.61. The van der Waals surface area contributed by atoms with Crippen LogP contribution in [0.2, 0.25) is 10.0 Å². The Morgan fingerprint density at radius 1 is 1.13 bits per heavy atom. The molecule has 2 aliphatic rings. The van der Waals surface area contributed by atoms with Gasteiger partial charge in [0.05, 0.1) is 12.0 Å². The number of hydrogen-bond donors (Lipinski definition) is 1. The number of nitrogens with one attached hydrogen (secondary N) is 1. The van der Waals surface area contributed by atoms with Crippen LogP contribution >= 0.6 is 23.2 Å². The number of benzene rings is 2. The average Bonchev–Trinajstić information content (AvgIpc) is 3.03. The fourth-order valence-electron chi connectivity index (χ4n) is 6.01. The van der Waals surface area contributed by atoms with Crippen LogP contribution < -0.4 is 10.1 Å². The van der Waals surface area contributed by atoms with Gasteiger partial charge in [0, 0.05) is 22.0 Å². The Bertz CT molecular complexity index is 945. The SMILES string of the molecule is CCCOc1ccc([C@@H]2CC[C@@]3(CC)C(=O)N[C@H](C)[C@H]3[C@H]2c2ccc(Cl)cc2)c(Cl)c1. The minimum Gasteiger partial charge on any atom is -0.494 e. The normalized spacial score (nSPS) is 30.0. The summed E-state index contributed by atoms with van der Waals surface area (Å²) in [4.78, 5) is 13.1. The summed E-state index contributed by atoms with van der Waals surface area (Å²) in [5, 5.41) is 4.73. The molecule has 0 radical (unpaired) electrons. The highest BCUT2D eigenvalue weighted by molar-refractivity contribution is 6.31. The average molecular weight is 460 g/mol. The number of halogens is 2. The minimum absolute atomic E-state index is 0.113. The Kier molecular flexibility index (Phi) is 6.55. The highest BCUT2D eigenvalue weighted by Crippen LogP contribution is 2.60. The predicted molar refractivity (Wildman–Crippen MR) is 127 cm³/mol. The first-order valence-electron chi connectivity index (χ1n) is 11.4. The van der Waals surface area contributed by atoms with Crippen LogP contribution in [0.4, 0.5) is 0 Å². The summed E-state index contributed by atoms with van der Waals surface area (Å²) in [6.45, 7) is 7.07. The Hall–Kier alpha value is -1.71. The van der Waals surface area contributed by atoms with E-state index >= 15 is 0 Å². The minimum atomic E-state index is -0.323.